The Balaban J connectivity index is 1.30. The van der Waals surface area contributed by atoms with Gasteiger partial charge in [0.1, 0.15) is 0 Å². The van der Waals surface area contributed by atoms with Gasteiger partial charge in [0, 0.05) is 62.4 Å². The number of benzene rings is 2. The van der Waals surface area contributed by atoms with Crippen LogP contribution in [0, 0.1) is 6.92 Å². The number of carbonyl (C=O) groups excluding carboxylic acids is 1. The summed E-state index contributed by atoms with van der Waals surface area (Å²) in [5, 5.41) is 2.94. The number of alkyl halides is 3. The summed E-state index contributed by atoms with van der Waals surface area (Å²) >= 11 is 0. The summed E-state index contributed by atoms with van der Waals surface area (Å²) in [5.74, 6) is 0. The Hall–Kier alpha value is -2.94. The van der Waals surface area contributed by atoms with E-state index < -0.39 is 11.7 Å². The SMILES string of the molecule is Cc1ccc(N2CCN(C(=O)Nc3ccc(N4CCC(N(C)C)C4)cc3)CC2)cc1C(F)(F)F. The van der Waals surface area contributed by atoms with E-state index in [-0.39, 0.29) is 11.6 Å². The Morgan fingerprint density at radius 3 is 2.18 bits per heavy atom. The van der Waals surface area contributed by atoms with Crippen LogP contribution in [0.25, 0.3) is 0 Å². The molecule has 1 atom stereocenters. The molecule has 0 radical (unpaired) electrons. The smallest absolute Gasteiger partial charge is 0.370 e. The Morgan fingerprint density at radius 2 is 1.59 bits per heavy atom. The highest BCUT2D eigenvalue weighted by Gasteiger charge is 2.33. The lowest BCUT2D eigenvalue weighted by Gasteiger charge is -2.36. The zero-order chi connectivity index (χ0) is 24.5. The molecule has 0 saturated carbocycles. The number of piperazine rings is 1. The number of rotatable bonds is 4. The van der Waals surface area contributed by atoms with Crippen molar-refractivity contribution in [3.8, 4) is 0 Å². The van der Waals surface area contributed by atoms with E-state index in [0.29, 0.717) is 37.9 Å². The summed E-state index contributed by atoms with van der Waals surface area (Å²) in [5.41, 5.74) is 2.01. The van der Waals surface area contributed by atoms with E-state index in [4.69, 9.17) is 0 Å². The van der Waals surface area contributed by atoms with Crippen molar-refractivity contribution < 1.29 is 18.0 Å². The highest BCUT2D eigenvalue weighted by Crippen LogP contribution is 2.34. The Bertz CT molecular complexity index is 1000. The predicted molar refractivity (Wildman–Crippen MR) is 130 cm³/mol. The Morgan fingerprint density at radius 1 is 0.941 bits per heavy atom. The lowest BCUT2D eigenvalue weighted by molar-refractivity contribution is -0.138. The maximum atomic E-state index is 13.2. The van der Waals surface area contributed by atoms with Crippen molar-refractivity contribution in [1.82, 2.24) is 9.80 Å². The summed E-state index contributed by atoms with van der Waals surface area (Å²) in [6.07, 6.45) is -3.24. The van der Waals surface area contributed by atoms with E-state index in [1.807, 2.05) is 29.2 Å². The summed E-state index contributed by atoms with van der Waals surface area (Å²) in [7, 11) is 4.21. The molecular weight excluding hydrogens is 443 g/mol. The standard InChI is InChI=1S/C25H32F3N5O/c1-18-4-7-21(16-23(18)25(26,27)28)31-12-14-32(15-13-31)24(34)29-19-5-8-20(9-6-19)33-11-10-22(17-33)30(2)3/h4-9,16,22H,10-15,17H2,1-3H3,(H,29,34). The monoisotopic (exact) mass is 475 g/mol. The molecule has 0 aliphatic carbocycles. The fourth-order valence-corrected chi connectivity index (χ4v) is 4.64. The average molecular weight is 476 g/mol. The number of nitrogens with zero attached hydrogens (tertiary/aromatic N) is 4. The maximum Gasteiger partial charge on any atom is 0.416 e. The summed E-state index contributed by atoms with van der Waals surface area (Å²) in [6, 6.07) is 12.7. The molecule has 2 aromatic rings. The molecule has 2 fully saturated rings. The molecule has 2 amide bonds. The van der Waals surface area contributed by atoms with Gasteiger partial charge in [-0.1, -0.05) is 6.07 Å². The molecule has 4 rings (SSSR count). The first-order valence-electron chi connectivity index (χ1n) is 11.6. The first-order valence-corrected chi connectivity index (χ1v) is 11.6. The molecule has 2 aliphatic rings. The van der Waals surface area contributed by atoms with Gasteiger partial charge in [-0.25, -0.2) is 4.79 Å². The van der Waals surface area contributed by atoms with Crippen molar-refractivity contribution in [3.63, 3.8) is 0 Å². The molecular formula is C25H32F3N5O. The third kappa shape index (κ3) is 5.41. The van der Waals surface area contributed by atoms with E-state index in [1.54, 1.807) is 11.0 Å². The van der Waals surface area contributed by atoms with Gasteiger partial charge < -0.3 is 24.9 Å². The van der Waals surface area contributed by atoms with Gasteiger partial charge in [0.25, 0.3) is 0 Å². The van der Waals surface area contributed by atoms with Gasteiger partial charge in [-0.15, -0.1) is 0 Å². The minimum Gasteiger partial charge on any atom is -0.370 e. The second-order valence-electron chi connectivity index (χ2n) is 9.30. The van der Waals surface area contributed by atoms with Crippen LogP contribution < -0.4 is 15.1 Å². The minimum absolute atomic E-state index is 0.193. The number of hydrogen-bond donors (Lipinski definition) is 1. The molecule has 2 aliphatic heterocycles. The molecule has 0 aromatic heterocycles. The van der Waals surface area contributed by atoms with Crippen LogP contribution in [-0.2, 0) is 6.18 Å². The molecule has 2 saturated heterocycles. The third-order valence-electron chi connectivity index (χ3n) is 6.84. The van der Waals surface area contributed by atoms with E-state index in [2.05, 4.69) is 29.2 Å². The second-order valence-corrected chi connectivity index (χ2v) is 9.30. The van der Waals surface area contributed by atoms with Gasteiger partial charge >= 0.3 is 12.2 Å². The maximum absolute atomic E-state index is 13.2. The summed E-state index contributed by atoms with van der Waals surface area (Å²) in [4.78, 5) is 20.9. The minimum atomic E-state index is -4.37. The lowest BCUT2D eigenvalue weighted by atomic mass is 10.1. The van der Waals surface area contributed by atoms with Crippen LogP contribution in [0.5, 0.6) is 0 Å². The van der Waals surface area contributed by atoms with E-state index in [0.717, 1.165) is 30.9 Å². The van der Waals surface area contributed by atoms with Gasteiger partial charge in [-0.3, -0.25) is 0 Å². The average Bonchev–Trinajstić information content (AvgIpc) is 3.30. The first kappa shape index (κ1) is 24.2. The van der Waals surface area contributed by atoms with Gasteiger partial charge in [0.2, 0.25) is 0 Å². The van der Waals surface area contributed by atoms with Crippen LogP contribution in [0.15, 0.2) is 42.5 Å². The number of hydrogen-bond acceptors (Lipinski definition) is 4. The normalized spacial score (nSPS) is 19.1. The van der Waals surface area contributed by atoms with Crippen molar-refractivity contribution in [2.75, 3.05) is 68.5 Å². The highest BCUT2D eigenvalue weighted by atomic mass is 19.4. The lowest BCUT2D eigenvalue weighted by Crippen LogP contribution is -2.50. The van der Waals surface area contributed by atoms with Crippen LogP contribution in [0.2, 0.25) is 0 Å². The van der Waals surface area contributed by atoms with Crippen LogP contribution in [-0.4, -0.2) is 75.2 Å². The van der Waals surface area contributed by atoms with Gasteiger partial charge in [0.05, 0.1) is 5.56 Å². The zero-order valence-corrected chi connectivity index (χ0v) is 19.9. The first-order chi connectivity index (χ1) is 16.1. The second kappa shape index (κ2) is 9.74. The molecule has 34 heavy (non-hydrogen) atoms. The fraction of sp³-hybridized carbons (Fsp3) is 0.480. The number of halogens is 3. The number of nitrogens with one attached hydrogen (secondary N) is 1. The largest absolute Gasteiger partial charge is 0.416 e. The van der Waals surface area contributed by atoms with Gasteiger partial charge in [-0.2, -0.15) is 13.2 Å². The third-order valence-corrected chi connectivity index (χ3v) is 6.84. The van der Waals surface area contributed by atoms with Crippen molar-refractivity contribution >= 4 is 23.1 Å². The molecule has 184 valence electrons. The Labute approximate surface area is 198 Å². The van der Waals surface area contributed by atoms with Gasteiger partial charge in [-0.05, 0) is 69.4 Å². The topological polar surface area (TPSA) is 42.1 Å². The number of aryl methyl sites for hydroxylation is 1. The molecule has 1 N–H and O–H groups in total. The summed E-state index contributed by atoms with van der Waals surface area (Å²) < 4.78 is 39.7. The van der Waals surface area contributed by atoms with E-state index >= 15 is 0 Å². The quantitative estimate of drug-likeness (QED) is 0.707. The number of urea groups is 1. The number of anilines is 3. The molecule has 6 nitrogen and oxygen atoms in total. The molecule has 1 unspecified atom stereocenters. The van der Waals surface area contributed by atoms with Crippen LogP contribution >= 0.6 is 0 Å². The Kier molecular flexibility index (Phi) is 6.93. The highest BCUT2D eigenvalue weighted by molar-refractivity contribution is 5.89. The molecule has 0 spiro atoms. The van der Waals surface area contributed by atoms with Gasteiger partial charge in [0.15, 0.2) is 0 Å². The number of amides is 2. The zero-order valence-electron chi connectivity index (χ0n) is 19.9. The van der Waals surface area contributed by atoms with E-state index in [1.165, 1.54) is 19.1 Å². The van der Waals surface area contributed by atoms with E-state index in [9.17, 15) is 18.0 Å². The van der Waals surface area contributed by atoms with Crippen LogP contribution in [0.3, 0.4) is 0 Å². The van der Waals surface area contributed by atoms with Crippen LogP contribution in [0.1, 0.15) is 17.5 Å². The number of carbonyl (C=O) groups is 1. The number of likely N-dealkylation sites (N-methyl/N-ethyl adjacent to an activating group) is 1. The van der Waals surface area contributed by atoms with Crippen LogP contribution in [0.4, 0.5) is 35.0 Å². The van der Waals surface area contributed by atoms with Crippen molar-refractivity contribution in [3.05, 3.63) is 53.6 Å². The molecule has 9 heteroatoms. The van der Waals surface area contributed by atoms with Crippen molar-refractivity contribution in [2.24, 2.45) is 0 Å². The van der Waals surface area contributed by atoms with Crippen molar-refractivity contribution in [2.45, 2.75) is 25.6 Å². The fourth-order valence-electron chi connectivity index (χ4n) is 4.64. The summed E-state index contributed by atoms with van der Waals surface area (Å²) in [6.45, 7) is 5.33. The predicted octanol–water partition coefficient (Wildman–Crippen LogP) is 4.51. The van der Waals surface area contributed by atoms with Crippen molar-refractivity contribution in [1.29, 1.82) is 0 Å². The molecule has 2 heterocycles. The molecule has 0 bridgehead atoms. The molecule has 2 aromatic carbocycles.